The Kier molecular flexibility index (Phi) is 5.05. The topological polar surface area (TPSA) is 84.3 Å². The van der Waals surface area contributed by atoms with Gasteiger partial charge in [0.15, 0.2) is 0 Å². The molecule has 2 aliphatic heterocycles. The molecule has 0 bridgehead atoms. The summed E-state index contributed by atoms with van der Waals surface area (Å²) >= 11 is 0. The van der Waals surface area contributed by atoms with Gasteiger partial charge in [0.2, 0.25) is 0 Å². The number of carboxylic acids is 1. The maximum Gasteiger partial charge on any atom is 0.326 e. The lowest BCUT2D eigenvalue weighted by molar-refractivity contribution is -0.141. The minimum Gasteiger partial charge on any atom is -0.480 e. The minimum atomic E-state index is -1.04. The van der Waals surface area contributed by atoms with E-state index in [1.54, 1.807) is 4.90 Å². The van der Waals surface area contributed by atoms with E-state index in [4.69, 9.17) is 5.11 Å². The maximum atomic E-state index is 12.5. The van der Waals surface area contributed by atoms with Gasteiger partial charge in [-0.1, -0.05) is 6.92 Å². The van der Waals surface area contributed by atoms with Crippen LogP contribution in [-0.2, 0) is 4.79 Å². The fourth-order valence-electron chi connectivity index (χ4n) is 3.05. The van der Waals surface area contributed by atoms with Gasteiger partial charge in [0.05, 0.1) is 6.10 Å². The molecule has 0 spiro atoms. The molecule has 21 heavy (non-hydrogen) atoms. The van der Waals surface area contributed by atoms with E-state index in [1.807, 2.05) is 0 Å². The molecule has 2 fully saturated rings. The Morgan fingerprint density at radius 1 is 1.24 bits per heavy atom. The molecule has 1 unspecified atom stereocenters. The van der Waals surface area contributed by atoms with Gasteiger partial charge in [0, 0.05) is 45.2 Å². The average Bonchev–Trinajstić information content (AvgIpc) is 2.88. The van der Waals surface area contributed by atoms with E-state index in [2.05, 4.69) is 18.7 Å². The molecule has 3 atom stereocenters. The van der Waals surface area contributed by atoms with Gasteiger partial charge in [-0.25, -0.2) is 9.59 Å². The highest BCUT2D eigenvalue weighted by Crippen LogP contribution is 2.21. The van der Waals surface area contributed by atoms with Crippen LogP contribution >= 0.6 is 0 Å². The maximum absolute atomic E-state index is 12.5. The number of aliphatic carboxylic acids is 1. The summed E-state index contributed by atoms with van der Waals surface area (Å²) in [6.45, 7) is 7.29. The monoisotopic (exact) mass is 299 g/mol. The Morgan fingerprint density at radius 3 is 2.38 bits per heavy atom. The largest absolute Gasteiger partial charge is 0.480 e. The van der Waals surface area contributed by atoms with E-state index in [-0.39, 0.29) is 19.0 Å². The van der Waals surface area contributed by atoms with Gasteiger partial charge in [-0.15, -0.1) is 0 Å². The molecule has 2 amide bonds. The Balaban J connectivity index is 1.94. The summed E-state index contributed by atoms with van der Waals surface area (Å²) in [5, 5.41) is 18.8. The quantitative estimate of drug-likeness (QED) is 0.769. The predicted molar refractivity (Wildman–Crippen MR) is 77.0 cm³/mol. The van der Waals surface area contributed by atoms with Crippen molar-refractivity contribution >= 4 is 12.0 Å². The van der Waals surface area contributed by atoms with Crippen LogP contribution in [0.15, 0.2) is 0 Å². The van der Waals surface area contributed by atoms with Crippen LogP contribution in [-0.4, -0.2) is 87.8 Å². The number of nitrogens with zero attached hydrogens (tertiary/aromatic N) is 3. The number of piperazine rings is 1. The minimum absolute atomic E-state index is 0.112. The SMILES string of the molecule is CCC(C)N1CCN(C(=O)N2C[C@H](O)C[C@H]2C(=O)O)CC1. The van der Waals surface area contributed by atoms with Crippen molar-refractivity contribution in [3.8, 4) is 0 Å². The third-order valence-corrected chi connectivity index (χ3v) is 4.61. The predicted octanol–water partition coefficient (Wildman–Crippen LogP) is 0.0423. The Hall–Kier alpha value is -1.34. The molecule has 2 saturated heterocycles. The molecular formula is C14H25N3O4. The lowest BCUT2D eigenvalue weighted by Gasteiger charge is -2.39. The summed E-state index contributed by atoms with van der Waals surface area (Å²) in [4.78, 5) is 29.0. The number of β-amino-alcohol motifs (C(OH)–C–C–N with tert-alkyl or cyclic N) is 1. The number of urea groups is 1. The van der Waals surface area contributed by atoms with Crippen molar-refractivity contribution < 1.29 is 19.8 Å². The number of amides is 2. The van der Waals surface area contributed by atoms with Crippen molar-refractivity contribution in [1.29, 1.82) is 0 Å². The van der Waals surface area contributed by atoms with Crippen LogP contribution in [0.5, 0.6) is 0 Å². The van der Waals surface area contributed by atoms with Crippen LogP contribution < -0.4 is 0 Å². The summed E-state index contributed by atoms with van der Waals surface area (Å²) in [5.74, 6) is -1.04. The second-order valence-corrected chi connectivity index (χ2v) is 5.96. The van der Waals surface area contributed by atoms with Crippen LogP contribution in [0.3, 0.4) is 0 Å². The average molecular weight is 299 g/mol. The number of aliphatic hydroxyl groups is 1. The zero-order valence-corrected chi connectivity index (χ0v) is 12.7. The lowest BCUT2D eigenvalue weighted by atomic mass is 10.2. The number of hydrogen-bond donors (Lipinski definition) is 2. The van der Waals surface area contributed by atoms with Gasteiger partial charge >= 0.3 is 12.0 Å². The summed E-state index contributed by atoms with van der Waals surface area (Å²) in [7, 11) is 0. The molecule has 0 radical (unpaired) electrons. The van der Waals surface area contributed by atoms with Gasteiger partial charge < -0.3 is 20.0 Å². The molecule has 2 N–H and O–H groups in total. The van der Waals surface area contributed by atoms with Crippen LogP contribution in [0.25, 0.3) is 0 Å². The molecule has 2 heterocycles. The van der Waals surface area contributed by atoms with Gasteiger partial charge in [-0.2, -0.15) is 0 Å². The molecule has 7 heteroatoms. The van der Waals surface area contributed by atoms with Crippen molar-refractivity contribution in [2.45, 2.75) is 44.9 Å². The van der Waals surface area contributed by atoms with Crippen LogP contribution in [0.1, 0.15) is 26.7 Å². The molecule has 2 aliphatic rings. The first kappa shape index (κ1) is 16.0. The first-order chi connectivity index (χ1) is 9.93. The van der Waals surface area contributed by atoms with Crippen molar-refractivity contribution in [2.24, 2.45) is 0 Å². The van der Waals surface area contributed by atoms with E-state index in [0.717, 1.165) is 19.5 Å². The molecule has 0 aromatic heterocycles. The Morgan fingerprint density at radius 2 is 1.86 bits per heavy atom. The highest BCUT2D eigenvalue weighted by molar-refractivity contribution is 5.83. The zero-order valence-electron chi connectivity index (χ0n) is 12.7. The molecule has 0 aliphatic carbocycles. The van der Waals surface area contributed by atoms with Crippen molar-refractivity contribution in [2.75, 3.05) is 32.7 Å². The van der Waals surface area contributed by atoms with Gasteiger partial charge in [-0.05, 0) is 13.3 Å². The van der Waals surface area contributed by atoms with Gasteiger partial charge in [0.25, 0.3) is 0 Å². The molecular weight excluding hydrogens is 274 g/mol. The number of aliphatic hydroxyl groups excluding tert-OH is 1. The number of hydrogen-bond acceptors (Lipinski definition) is 4. The Bertz CT molecular complexity index is 396. The van der Waals surface area contributed by atoms with Crippen LogP contribution in [0, 0.1) is 0 Å². The summed E-state index contributed by atoms with van der Waals surface area (Å²) in [6, 6.07) is -0.662. The van der Waals surface area contributed by atoms with Crippen molar-refractivity contribution in [3.05, 3.63) is 0 Å². The molecule has 120 valence electrons. The molecule has 0 aromatic carbocycles. The van der Waals surface area contributed by atoms with E-state index in [0.29, 0.717) is 19.1 Å². The van der Waals surface area contributed by atoms with Crippen molar-refractivity contribution in [3.63, 3.8) is 0 Å². The van der Waals surface area contributed by atoms with Gasteiger partial charge in [0.1, 0.15) is 6.04 Å². The highest BCUT2D eigenvalue weighted by atomic mass is 16.4. The van der Waals surface area contributed by atoms with Gasteiger partial charge in [-0.3, -0.25) is 4.90 Å². The zero-order chi connectivity index (χ0) is 15.6. The van der Waals surface area contributed by atoms with Crippen LogP contribution in [0.4, 0.5) is 4.79 Å². The molecule has 2 rings (SSSR count). The number of rotatable bonds is 3. The van der Waals surface area contributed by atoms with E-state index in [9.17, 15) is 14.7 Å². The van der Waals surface area contributed by atoms with E-state index >= 15 is 0 Å². The first-order valence-electron chi connectivity index (χ1n) is 7.64. The molecule has 0 aromatic rings. The molecule has 0 saturated carbocycles. The number of carbonyl (C=O) groups is 2. The first-order valence-corrected chi connectivity index (χ1v) is 7.64. The summed E-state index contributed by atoms with van der Waals surface area (Å²) in [6.07, 6.45) is 0.456. The standard InChI is InChI=1S/C14H25N3O4/c1-3-10(2)15-4-6-16(7-5-15)14(21)17-9-11(18)8-12(17)13(19)20/h10-12,18H,3-9H2,1-2H3,(H,19,20)/t10?,11-,12+/m1/s1. The summed E-state index contributed by atoms with van der Waals surface area (Å²) < 4.78 is 0. The molecule has 7 nitrogen and oxygen atoms in total. The number of carbonyl (C=O) groups excluding carboxylic acids is 1. The number of likely N-dealkylation sites (tertiary alicyclic amines) is 1. The Labute approximate surface area is 125 Å². The van der Waals surface area contributed by atoms with Crippen molar-refractivity contribution in [1.82, 2.24) is 14.7 Å². The van der Waals surface area contributed by atoms with E-state index < -0.39 is 18.1 Å². The smallest absolute Gasteiger partial charge is 0.326 e. The fourth-order valence-corrected chi connectivity index (χ4v) is 3.05. The normalized spacial score (nSPS) is 28.7. The fraction of sp³-hybridized carbons (Fsp3) is 0.857. The van der Waals surface area contributed by atoms with Crippen LogP contribution in [0.2, 0.25) is 0 Å². The summed E-state index contributed by atoms with van der Waals surface area (Å²) in [5.41, 5.74) is 0. The second-order valence-electron chi connectivity index (χ2n) is 5.96. The highest BCUT2D eigenvalue weighted by Gasteiger charge is 2.41. The lowest BCUT2D eigenvalue weighted by Crippen LogP contribution is -2.56. The van der Waals surface area contributed by atoms with E-state index in [1.165, 1.54) is 4.90 Å². The third kappa shape index (κ3) is 3.47. The number of carboxylic acid groups (broad SMARTS) is 1. The third-order valence-electron chi connectivity index (χ3n) is 4.61. The second kappa shape index (κ2) is 6.62.